The lowest BCUT2D eigenvalue weighted by molar-refractivity contribution is -0.154. The number of rotatable bonds is 8. The number of ether oxygens (including phenoxy) is 1. The van der Waals surface area contributed by atoms with Crippen LogP contribution in [0.25, 0.3) is 34.0 Å². The zero-order valence-electron chi connectivity index (χ0n) is 25.0. The molecular formula is C33H33FN6O4S. The summed E-state index contributed by atoms with van der Waals surface area (Å²) in [5.74, 6) is -0.0202. The minimum absolute atomic E-state index is 0.0523. The Morgan fingerprint density at radius 1 is 1.13 bits per heavy atom. The summed E-state index contributed by atoms with van der Waals surface area (Å²) >= 11 is 0. The summed E-state index contributed by atoms with van der Waals surface area (Å²) in [6.45, 7) is 7.88. The Bertz CT molecular complexity index is 2060. The summed E-state index contributed by atoms with van der Waals surface area (Å²) < 4.78 is 50.5. The molecule has 4 aromatic heterocycles. The average Bonchev–Trinajstić information content (AvgIpc) is 3.64. The second-order valence-corrected chi connectivity index (χ2v) is 13.7. The predicted molar refractivity (Wildman–Crippen MR) is 169 cm³/mol. The maximum absolute atomic E-state index is 14.6. The Labute approximate surface area is 260 Å². The van der Waals surface area contributed by atoms with E-state index in [2.05, 4.69) is 16.9 Å². The van der Waals surface area contributed by atoms with Gasteiger partial charge in [0.05, 0.1) is 23.6 Å². The van der Waals surface area contributed by atoms with Crippen LogP contribution in [0.3, 0.4) is 0 Å². The SMILES string of the molecule is C=Cc1cc2c(NC3C4CCC(CC4)[C@@H]3C(=O)OCC)nc(-c3cn(S(=O)(=O)c4ccc(C)cc4)c4ncc(F)cc34)nn2c1. The summed E-state index contributed by atoms with van der Waals surface area (Å²) in [6.07, 6.45) is 9.82. The summed E-state index contributed by atoms with van der Waals surface area (Å²) in [6, 6.07) is 9.41. The Kier molecular flexibility index (Phi) is 7.19. The highest BCUT2D eigenvalue weighted by Gasteiger charge is 2.48. The van der Waals surface area contributed by atoms with Crippen molar-refractivity contribution in [3.8, 4) is 11.4 Å². The highest BCUT2D eigenvalue weighted by molar-refractivity contribution is 7.90. The van der Waals surface area contributed by atoms with Crippen molar-refractivity contribution in [2.45, 2.75) is 50.5 Å². The van der Waals surface area contributed by atoms with E-state index in [1.807, 2.05) is 19.9 Å². The molecule has 0 amide bonds. The van der Waals surface area contributed by atoms with Crippen LogP contribution >= 0.6 is 0 Å². The van der Waals surface area contributed by atoms with Crippen LogP contribution in [0, 0.1) is 30.5 Å². The molecule has 45 heavy (non-hydrogen) atoms. The Morgan fingerprint density at radius 2 is 1.87 bits per heavy atom. The zero-order valence-corrected chi connectivity index (χ0v) is 25.8. The molecule has 2 bridgehead atoms. The van der Waals surface area contributed by atoms with E-state index in [9.17, 15) is 17.6 Å². The number of hydrogen-bond donors (Lipinski definition) is 1. The van der Waals surface area contributed by atoms with E-state index in [-0.39, 0.29) is 51.5 Å². The van der Waals surface area contributed by atoms with Gasteiger partial charge in [-0.05, 0) is 81.2 Å². The summed E-state index contributed by atoms with van der Waals surface area (Å²) in [4.78, 5) is 22.3. The molecule has 2 atom stereocenters. The molecule has 8 rings (SSSR count). The van der Waals surface area contributed by atoms with E-state index in [4.69, 9.17) is 14.8 Å². The highest BCUT2D eigenvalue weighted by Crippen LogP contribution is 2.47. The van der Waals surface area contributed by atoms with E-state index in [0.717, 1.165) is 47.0 Å². The molecule has 4 heterocycles. The molecule has 0 aliphatic heterocycles. The lowest BCUT2D eigenvalue weighted by Crippen LogP contribution is -2.52. The third-order valence-corrected chi connectivity index (χ3v) is 10.9. The van der Waals surface area contributed by atoms with Crippen LogP contribution in [0.1, 0.15) is 43.7 Å². The Morgan fingerprint density at radius 3 is 2.58 bits per heavy atom. The number of benzene rings is 1. The van der Waals surface area contributed by atoms with E-state index in [0.29, 0.717) is 23.5 Å². The number of pyridine rings is 1. The minimum Gasteiger partial charge on any atom is -0.466 e. The van der Waals surface area contributed by atoms with Crippen molar-refractivity contribution in [3.63, 3.8) is 0 Å². The highest BCUT2D eigenvalue weighted by atomic mass is 32.2. The molecule has 3 aliphatic carbocycles. The fourth-order valence-corrected chi connectivity index (χ4v) is 8.31. The van der Waals surface area contributed by atoms with Gasteiger partial charge in [-0.25, -0.2) is 31.3 Å². The number of hydrogen-bond acceptors (Lipinski definition) is 8. The van der Waals surface area contributed by atoms with E-state index in [1.54, 1.807) is 28.9 Å². The molecule has 3 aliphatic rings. The second kappa shape index (κ2) is 11.1. The summed E-state index contributed by atoms with van der Waals surface area (Å²) in [7, 11) is -4.10. The molecule has 5 aromatic rings. The minimum atomic E-state index is -4.10. The third kappa shape index (κ3) is 4.97. The largest absolute Gasteiger partial charge is 0.466 e. The van der Waals surface area contributed by atoms with Crippen molar-refractivity contribution in [1.82, 2.24) is 23.6 Å². The number of esters is 1. The van der Waals surface area contributed by atoms with Crippen LogP contribution in [-0.2, 0) is 19.6 Å². The molecule has 1 aromatic carbocycles. The topological polar surface area (TPSA) is 120 Å². The molecular weight excluding hydrogens is 595 g/mol. The first-order chi connectivity index (χ1) is 21.7. The fourth-order valence-electron chi connectivity index (χ4n) is 6.98. The quantitative estimate of drug-likeness (QED) is 0.213. The number of nitrogens with one attached hydrogen (secondary N) is 1. The molecule has 1 N–H and O–H groups in total. The number of aromatic nitrogens is 5. The van der Waals surface area contributed by atoms with Crippen LogP contribution in [0.15, 0.2) is 66.5 Å². The van der Waals surface area contributed by atoms with Crippen molar-refractivity contribution in [3.05, 3.63) is 78.5 Å². The number of carbonyl (C=O) groups is 1. The summed E-state index contributed by atoms with van der Waals surface area (Å²) in [5, 5.41) is 8.57. The van der Waals surface area contributed by atoms with Crippen molar-refractivity contribution < 1.29 is 22.3 Å². The first-order valence-corrected chi connectivity index (χ1v) is 16.6. The molecule has 232 valence electrons. The molecule has 0 spiro atoms. The van der Waals surface area contributed by atoms with Gasteiger partial charge in [0.1, 0.15) is 11.3 Å². The normalized spacial score (nSPS) is 21.3. The molecule has 0 radical (unpaired) electrons. The first kappa shape index (κ1) is 29.1. The second-order valence-electron chi connectivity index (χ2n) is 11.9. The standard InChI is InChI=1S/C33H33FN6O4S/c1-4-20-14-27-31(36-29-22-10-8-21(9-11-22)28(29)33(41)44-5-2)37-30(38-39(27)17-20)26-18-40(32-25(26)15-23(34)16-35-32)45(42,43)24-12-6-19(3)7-13-24/h4,6-7,12-18,21-22,28-29H,1,5,8-11H2,2-3H3,(H,36,37,38)/t21?,22?,28-,29?/m0/s1. The summed E-state index contributed by atoms with van der Waals surface area (Å²) in [5.41, 5.74) is 2.72. The van der Waals surface area contributed by atoms with Crippen molar-refractivity contribution in [2.24, 2.45) is 17.8 Å². The Balaban J connectivity index is 1.39. The van der Waals surface area contributed by atoms with Crippen LogP contribution in [-0.4, -0.2) is 50.6 Å². The van der Waals surface area contributed by atoms with Gasteiger partial charge in [-0.15, -0.1) is 5.10 Å². The van der Waals surface area contributed by atoms with Crippen LogP contribution in [0.5, 0.6) is 0 Å². The third-order valence-electron chi connectivity index (χ3n) is 9.20. The number of carbonyl (C=O) groups excluding carboxylic acids is 1. The average molecular weight is 629 g/mol. The molecule has 3 fully saturated rings. The zero-order chi connectivity index (χ0) is 31.5. The maximum atomic E-state index is 14.6. The first-order valence-electron chi connectivity index (χ1n) is 15.1. The molecule has 3 saturated carbocycles. The van der Waals surface area contributed by atoms with Gasteiger partial charge in [0.15, 0.2) is 17.3 Å². The molecule has 12 heteroatoms. The number of aryl methyl sites for hydroxylation is 1. The van der Waals surface area contributed by atoms with E-state index >= 15 is 0 Å². The Hall–Kier alpha value is -4.58. The van der Waals surface area contributed by atoms with Gasteiger partial charge in [-0.3, -0.25) is 4.79 Å². The van der Waals surface area contributed by atoms with Gasteiger partial charge in [0.25, 0.3) is 10.0 Å². The van der Waals surface area contributed by atoms with Crippen molar-refractivity contribution in [1.29, 1.82) is 0 Å². The van der Waals surface area contributed by atoms with E-state index in [1.165, 1.54) is 24.4 Å². The van der Waals surface area contributed by atoms with Gasteiger partial charge in [-0.2, -0.15) is 0 Å². The van der Waals surface area contributed by atoms with Crippen LogP contribution in [0.2, 0.25) is 0 Å². The van der Waals surface area contributed by atoms with Gasteiger partial charge in [-0.1, -0.05) is 30.4 Å². The number of nitrogens with zero attached hydrogens (tertiary/aromatic N) is 5. The number of fused-ring (bicyclic) bond motifs is 5. The van der Waals surface area contributed by atoms with Crippen LogP contribution < -0.4 is 5.32 Å². The maximum Gasteiger partial charge on any atom is 0.311 e. The van der Waals surface area contributed by atoms with Gasteiger partial charge in [0.2, 0.25) is 0 Å². The van der Waals surface area contributed by atoms with Gasteiger partial charge < -0.3 is 10.1 Å². The van der Waals surface area contributed by atoms with Crippen LogP contribution in [0.4, 0.5) is 10.2 Å². The van der Waals surface area contributed by atoms with Gasteiger partial charge in [0, 0.05) is 29.4 Å². The molecule has 10 nitrogen and oxygen atoms in total. The smallest absolute Gasteiger partial charge is 0.311 e. The van der Waals surface area contributed by atoms with Gasteiger partial charge >= 0.3 is 5.97 Å². The molecule has 1 unspecified atom stereocenters. The fraction of sp³-hybridized carbons (Fsp3) is 0.333. The van der Waals surface area contributed by atoms with E-state index < -0.39 is 15.8 Å². The van der Waals surface area contributed by atoms with Crippen molar-refractivity contribution >= 4 is 44.4 Å². The van der Waals surface area contributed by atoms with Crippen molar-refractivity contribution in [2.75, 3.05) is 11.9 Å². The monoisotopic (exact) mass is 628 g/mol. The lowest BCUT2D eigenvalue weighted by Gasteiger charge is -2.47. The molecule has 0 saturated heterocycles. The number of anilines is 1. The predicted octanol–water partition coefficient (Wildman–Crippen LogP) is 5.85. The lowest BCUT2D eigenvalue weighted by atomic mass is 9.61. The number of halogens is 1.